The van der Waals surface area contributed by atoms with Crippen LogP contribution in [0.3, 0.4) is 0 Å². The second kappa shape index (κ2) is 10.1. The van der Waals surface area contributed by atoms with Crippen molar-refractivity contribution in [3.8, 4) is 23.0 Å². The zero-order valence-electron chi connectivity index (χ0n) is 16.4. The van der Waals surface area contributed by atoms with Crippen molar-refractivity contribution in [1.82, 2.24) is 0 Å². The summed E-state index contributed by atoms with van der Waals surface area (Å²) < 4.78 is 5.72. The van der Waals surface area contributed by atoms with Crippen LogP contribution in [0.2, 0.25) is 0 Å². The van der Waals surface area contributed by atoms with Crippen LogP contribution in [0.1, 0.15) is 50.2 Å². The van der Waals surface area contributed by atoms with Crippen molar-refractivity contribution in [2.24, 2.45) is 5.92 Å². The smallest absolute Gasteiger partial charge is 0.0575 e. The summed E-state index contributed by atoms with van der Waals surface area (Å²) in [5, 5.41) is 0. The van der Waals surface area contributed by atoms with Crippen molar-refractivity contribution in [3.05, 3.63) is 72.3 Å². The summed E-state index contributed by atoms with van der Waals surface area (Å²) >= 11 is 0. The summed E-state index contributed by atoms with van der Waals surface area (Å²) in [6, 6.07) is 17.5. The van der Waals surface area contributed by atoms with Crippen molar-refractivity contribution in [1.29, 1.82) is 0 Å². The van der Waals surface area contributed by atoms with E-state index in [0.717, 1.165) is 50.7 Å². The first-order valence-corrected chi connectivity index (χ1v) is 10.2. The van der Waals surface area contributed by atoms with E-state index in [1.165, 1.54) is 16.7 Å². The van der Waals surface area contributed by atoms with Crippen molar-refractivity contribution < 1.29 is 4.74 Å². The second-order valence-corrected chi connectivity index (χ2v) is 7.30. The monoisotopic (exact) mass is 358 g/mol. The first-order valence-electron chi connectivity index (χ1n) is 10.2. The maximum atomic E-state index is 5.72. The number of hydrogen-bond acceptors (Lipinski definition) is 1. The van der Waals surface area contributed by atoms with E-state index in [2.05, 4.69) is 73.9 Å². The molecule has 2 aromatic carbocycles. The van der Waals surface area contributed by atoms with Crippen LogP contribution in [-0.2, 0) is 11.2 Å². The molecule has 1 aliphatic carbocycles. The van der Waals surface area contributed by atoms with Gasteiger partial charge in [0.15, 0.2) is 0 Å². The molecule has 1 nitrogen and oxygen atoms in total. The highest BCUT2D eigenvalue weighted by molar-refractivity contribution is 5.64. The summed E-state index contributed by atoms with van der Waals surface area (Å²) in [4.78, 5) is 0. The molecule has 27 heavy (non-hydrogen) atoms. The molecule has 0 bridgehead atoms. The van der Waals surface area contributed by atoms with Gasteiger partial charge >= 0.3 is 0 Å². The van der Waals surface area contributed by atoms with E-state index in [1.807, 2.05) is 6.08 Å². The number of aryl methyl sites for hydroxylation is 1. The fraction of sp³-hybridized carbons (Fsp3) is 0.385. The number of benzene rings is 2. The minimum absolute atomic E-state index is 0.454. The van der Waals surface area contributed by atoms with Gasteiger partial charge in [0, 0.05) is 18.1 Å². The Balaban J connectivity index is 1.57. The first-order chi connectivity index (χ1) is 13.3. The van der Waals surface area contributed by atoms with Gasteiger partial charge in [-0.3, -0.25) is 0 Å². The Kier molecular flexibility index (Phi) is 7.31. The topological polar surface area (TPSA) is 9.23 Å². The Morgan fingerprint density at radius 3 is 2.19 bits per heavy atom. The Bertz CT molecular complexity index is 766. The summed E-state index contributed by atoms with van der Waals surface area (Å²) in [5.74, 6) is 7.36. The molecule has 0 aliphatic heterocycles. The van der Waals surface area contributed by atoms with Gasteiger partial charge in [-0.25, -0.2) is 0 Å². The molecule has 1 heteroatoms. The van der Waals surface area contributed by atoms with E-state index >= 15 is 0 Å². The molecule has 0 atom stereocenters. The minimum Gasteiger partial charge on any atom is -0.379 e. The summed E-state index contributed by atoms with van der Waals surface area (Å²) in [7, 11) is 0. The summed E-state index contributed by atoms with van der Waals surface area (Å²) in [6.07, 6.45) is 9.13. The van der Waals surface area contributed by atoms with Crippen LogP contribution in [0.4, 0.5) is 0 Å². The van der Waals surface area contributed by atoms with E-state index in [1.54, 1.807) is 0 Å². The fourth-order valence-electron chi connectivity index (χ4n) is 3.67. The molecular formula is C26H30O. The summed E-state index contributed by atoms with van der Waals surface area (Å²) in [5.41, 5.74) is 4.97. The van der Waals surface area contributed by atoms with Crippen molar-refractivity contribution >= 4 is 0 Å². The molecule has 0 saturated heterocycles. The summed E-state index contributed by atoms with van der Waals surface area (Å²) in [6.45, 7) is 6.69. The van der Waals surface area contributed by atoms with Crippen molar-refractivity contribution in [2.75, 3.05) is 6.61 Å². The Labute approximate surface area is 164 Å². The van der Waals surface area contributed by atoms with Gasteiger partial charge in [-0.05, 0) is 74.3 Å². The van der Waals surface area contributed by atoms with Crippen LogP contribution < -0.4 is 0 Å². The van der Waals surface area contributed by atoms with E-state index in [4.69, 9.17) is 4.74 Å². The molecule has 0 aromatic heterocycles. The first kappa shape index (κ1) is 19.5. The number of ether oxygens (including phenoxy) is 1. The van der Waals surface area contributed by atoms with Crippen LogP contribution in [0.5, 0.6) is 0 Å². The van der Waals surface area contributed by atoms with E-state index in [0.29, 0.717) is 12.0 Å². The highest BCUT2D eigenvalue weighted by Gasteiger charge is 2.19. The lowest BCUT2D eigenvalue weighted by molar-refractivity contribution is 0.0310. The Morgan fingerprint density at radius 2 is 1.59 bits per heavy atom. The second-order valence-electron chi connectivity index (χ2n) is 7.30. The van der Waals surface area contributed by atoms with Crippen molar-refractivity contribution in [2.45, 2.75) is 51.6 Å². The lowest BCUT2D eigenvalue weighted by atomic mass is 9.87. The lowest BCUT2D eigenvalue weighted by Crippen LogP contribution is -2.20. The Morgan fingerprint density at radius 1 is 0.963 bits per heavy atom. The molecule has 0 spiro atoms. The molecule has 2 aromatic rings. The maximum Gasteiger partial charge on any atom is 0.0575 e. The third-order valence-corrected chi connectivity index (χ3v) is 5.31. The van der Waals surface area contributed by atoms with Gasteiger partial charge in [0.25, 0.3) is 0 Å². The molecule has 1 saturated carbocycles. The number of hydrogen-bond donors (Lipinski definition) is 0. The van der Waals surface area contributed by atoms with Crippen LogP contribution >= 0.6 is 0 Å². The molecule has 1 fully saturated rings. The minimum atomic E-state index is 0.454. The zero-order valence-corrected chi connectivity index (χ0v) is 16.4. The standard InChI is InChI=1S/C26H30O/c1-3-5-6-21-9-15-24(16-10-21)25-17-11-22(12-18-25)7-8-23-13-19-26(20-14-23)27-4-2/h3,9-12,15-18,23,26H,1,4-6,13-14,19-20H2,2H3. The normalized spacial score (nSPS) is 19.1. The predicted octanol–water partition coefficient (Wildman–Crippen LogP) is 6.42. The molecule has 0 amide bonds. The van der Waals surface area contributed by atoms with Crippen molar-refractivity contribution in [3.63, 3.8) is 0 Å². The maximum absolute atomic E-state index is 5.72. The van der Waals surface area contributed by atoms with Crippen LogP contribution in [0, 0.1) is 17.8 Å². The zero-order chi connectivity index (χ0) is 18.9. The van der Waals surface area contributed by atoms with E-state index < -0.39 is 0 Å². The lowest BCUT2D eigenvalue weighted by Gasteiger charge is -2.25. The van der Waals surface area contributed by atoms with Gasteiger partial charge in [0.05, 0.1) is 6.10 Å². The SMILES string of the molecule is C=CCCc1ccc(-c2ccc(C#CC3CCC(OCC)CC3)cc2)cc1. The van der Waals surface area contributed by atoms with Crippen LogP contribution in [-0.4, -0.2) is 12.7 Å². The molecule has 0 heterocycles. The highest BCUT2D eigenvalue weighted by Crippen LogP contribution is 2.26. The quantitative estimate of drug-likeness (QED) is 0.428. The van der Waals surface area contributed by atoms with E-state index in [-0.39, 0.29) is 0 Å². The van der Waals surface area contributed by atoms with Crippen LogP contribution in [0.15, 0.2) is 61.2 Å². The molecule has 140 valence electrons. The van der Waals surface area contributed by atoms with Gasteiger partial charge in [-0.2, -0.15) is 0 Å². The molecular weight excluding hydrogens is 328 g/mol. The van der Waals surface area contributed by atoms with Gasteiger partial charge in [-0.1, -0.05) is 54.3 Å². The molecule has 1 aliphatic rings. The van der Waals surface area contributed by atoms with Crippen LogP contribution in [0.25, 0.3) is 11.1 Å². The average molecular weight is 359 g/mol. The van der Waals surface area contributed by atoms with Gasteiger partial charge in [-0.15, -0.1) is 6.58 Å². The molecule has 0 N–H and O–H groups in total. The van der Waals surface area contributed by atoms with E-state index in [9.17, 15) is 0 Å². The third kappa shape index (κ3) is 5.84. The largest absolute Gasteiger partial charge is 0.379 e. The van der Waals surface area contributed by atoms with Gasteiger partial charge < -0.3 is 4.74 Å². The number of allylic oxidation sites excluding steroid dienone is 1. The average Bonchev–Trinajstić information content (AvgIpc) is 2.73. The molecule has 0 unspecified atom stereocenters. The fourth-order valence-corrected chi connectivity index (χ4v) is 3.67. The van der Waals surface area contributed by atoms with Gasteiger partial charge in [0.2, 0.25) is 0 Å². The molecule has 3 rings (SSSR count). The number of rotatable bonds is 6. The third-order valence-electron chi connectivity index (χ3n) is 5.31. The molecule has 0 radical (unpaired) electrons. The Hall–Kier alpha value is -2.30. The predicted molar refractivity (Wildman–Crippen MR) is 115 cm³/mol. The van der Waals surface area contributed by atoms with Gasteiger partial charge in [0.1, 0.15) is 0 Å². The highest BCUT2D eigenvalue weighted by atomic mass is 16.5.